The number of hydrogen-bond acceptors (Lipinski definition) is 6. The van der Waals surface area contributed by atoms with Crippen LogP contribution < -0.4 is 0 Å². The SMILES string of the molecule is B[PH]([C@@H]1C=CC=C1P(N(CC)CC)N(CC)CC)(N1CCC[C@@H]1COC)N1CCC[C@@H]1COC. The van der Waals surface area contributed by atoms with Crippen LogP contribution in [0.2, 0.25) is 0 Å². The number of hydrogen-bond donors (Lipinski definition) is 0. The molecule has 2 saturated heterocycles. The van der Waals surface area contributed by atoms with Gasteiger partial charge in [-0.25, -0.2) is 0 Å². The van der Waals surface area contributed by atoms with E-state index in [4.69, 9.17) is 9.47 Å². The van der Waals surface area contributed by atoms with Crippen molar-refractivity contribution in [1.29, 1.82) is 0 Å². The van der Waals surface area contributed by atoms with E-state index in [9.17, 15) is 0 Å². The summed E-state index contributed by atoms with van der Waals surface area (Å²) in [4.78, 5) is 0. The van der Waals surface area contributed by atoms with E-state index in [-0.39, 0.29) is 0 Å². The van der Waals surface area contributed by atoms with Gasteiger partial charge >= 0.3 is 213 Å². The molecule has 196 valence electrons. The third kappa shape index (κ3) is 5.68. The summed E-state index contributed by atoms with van der Waals surface area (Å²) in [6.45, 7) is 17.9. The van der Waals surface area contributed by atoms with Gasteiger partial charge in [-0.2, -0.15) is 0 Å². The van der Waals surface area contributed by atoms with E-state index in [1.807, 2.05) is 14.2 Å². The van der Waals surface area contributed by atoms with Gasteiger partial charge in [-0.15, -0.1) is 0 Å². The van der Waals surface area contributed by atoms with Crippen LogP contribution in [0.15, 0.2) is 23.5 Å². The third-order valence-electron chi connectivity index (χ3n) is 8.34. The minimum absolute atomic E-state index is 0.482. The fourth-order valence-electron chi connectivity index (χ4n) is 6.73. The van der Waals surface area contributed by atoms with Crippen molar-refractivity contribution in [2.75, 3.05) is 66.7 Å². The van der Waals surface area contributed by atoms with Crippen molar-refractivity contribution < 1.29 is 9.47 Å². The monoisotopic (exact) mass is 512 g/mol. The van der Waals surface area contributed by atoms with E-state index in [0.717, 1.165) is 39.4 Å². The van der Waals surface area contributed by atoms with E-state index in [2.05, 4.69) is 72.2 Å². The molecule has 3 rings (SSSR count). The molecule has 2 fully saturated rings. The molecule has 1 aliphatic carbocycles. The predicted octanol–water partition coefficient (Wildman–Crippen LogP) is 4.15. The molecular weight excluding hydrogens is 461 g/mol. The first-order valence-corrected chi connectivity index (χ1v) is 17.4. The van der Waals surface area contributed by atoms with Crippen LogP contribution in [0.3, 0.4) is 0 Å². The van der Waals surface area contributed by atoms with Gasteiger partial charge in [0.05, 0.1) is 0 Å². The van der Waals surface area contributed by atoms with Crippen molar-refractivity contribution in [3.05, 3.63) is 23.5 Å². The molecule has 0 unspecified atom stereocenters. The first-order chi connectivity index (χ1) is 16.5. The van der Waals surface area contributed by atoms with E-state index < -0.39 is 15.7 Å². The molecule has 3 aliphatic rings. The Morgan fingerprint density at radius 3 is 1.79 bits per heavy atom. The number of methoxy groups -OCH3 is 2. The van der Waals surface area contributed by atoms with E-state index in [1.54, 1.807) is 5.31 Å². The molecule has 0 amide bonds. The second-order valence-electron chi connectivity index (χ2n) is 10.0. The molecule has 0 aromatic rings. The molecule has 0 spiro atoms. The van der Waals surface area contributed by atoms with Gasteiger partial charge in [0, 0.05) is 0 Å². The van der Waals surface area contributed by atoms with Crippen molar-refractivity contribution in [2.45, 2.75) is 71.1 Å². The van der Waals surface area contributed by atoms with Gasteiger partial charge < -0.3 is 0 Å². The Labute approximate surface area is 212 Å². The van der Waals surface area contributed by atoms with Crippen molar-refractivity contribution in [2.24, 2.45) is 0 Å². The second kappa shape index (κ2) is 13.6. The molecular formula is C25H51BN4O2P2. The molecule has 2 heterocycles. The zero-order valence-electron chi connectivity index (χ0n) is 23.0. The first kappa shape index (κ1) is 28.7. The Morgan fingerprint density at radius 2 is 1.38 bits per heavy atom. The maximum absolute atomic E-state index is 5.76. The molecule has 34 heavy (non-hydrogen) atoms. The van der Waals surface area contributed by atoms with Crippen LogP contribution in [-0.2, 0) is 9.47 Å². The molecule has 0 aromatic heterocycles. The molecule has 0 saturated carbocycles. The van der Waals surface area contributed by atoms with Crippen molar-refractivity contribution >= 4 is 23.2 Å². The normalized spacial score (nSPS) is 27.1. The van der Waals surface area contributed by atoms with E-state index in [0.29, 0.717) is 17.7 Å². The van der Waals surface area contributed by atoms with Crippen LogP contribution in [0.25, 0.3) is 0 Å². The van der Waals surface area contributed by atoms with Gasteiger partial charge in [0.1, 0.15) is 0 Å². The Balaban J connectivity index is 2.07. The number of rotatable bonds is 14. The fraction of sp³-hybridized carbons (Fsp3) is 0.840. The van der Waals surface area contributed by atoms with Crippen LogP contribution in [0.1, 0.15) is 53.4 Å². The van der Waals surface area contributed by atoms with Crippen LogP contribution in [0, 0.1) is 0 Å². The minimum atomic E-state index is -2.11. The van der Waals surface area contributed by atoms with Crippen LogP contribution >= 0.6 is 15.7 Å². The first-order valence-electron chi connectivity index (χ1n) is 13.7. The molecule has 0 bridgehead atoms. The quantitative estimate of drug-likeness (QED) is 0.257. The molecule has 9 heteroatoms. The Kier molecular flexibility index (Phi) is 11.5. The van der Waals surface area contributed by atoms with Gasteiger partial charge in [0.2, 0.25) is 0 Å². The van der Waals surface area contributed by atoms with Gasteiger partial charge in [0.15, 0.2) is 0 Å². The average Bonchev–Trinajstić information content (AvgIpc) is 3.61. The Bertz CT molecular complexity index is 654. The molecule has 0 aromatic carbocycles. The summed E-state index contributed by atoms with van der Waals surface area (Å²) < 4.78 is 22.9. The number of nitrogens with zero attached hydrogens (tertiary/aromatic N) is 4. The van der Waals surface area contributed by atoms with Crippen LogP contribution in [0.5, 0.6) is 0 Å². The van der Waals surface area contributed by atoms with Gasteiger partial charge in [-0.3, -0.25) is 0 Å². The van der Waals surface area contributed by atoms with Crippen LogP contribution in [0.4, 0.5) is 0 Å². The van der Waals surface area contributed by atoms with Crippen LogP contribution in [-0.4, -0.2) is 111 Å². The maximum atomic E-state index is 5.76. The zero-order chi connectivity index (χ0) is 24.7. The summed E-state index contributed by atoms with van der Waals surface area (Å²) in [5.74, 6) is 0. The van der Waals surface area contributed by atoms with Gasteiger partial charge in [-0.1, -0.05) is 0 Å². The summed E-state index contributed by atoms with van der Waals surface area (Å²) in [5.41, 5.74) is 0.509. The molecule has 0 radical (unpaired) electrons. The van der Waals surface area contributed by atoms with Gasteiger partial charge in [-0.05, 0) is 0 Å². The van der Waals surface area contributed by atoms with Gasteiger partial charge in [0.25, 0.3) is 0 Å². The third-order valence-corrected chi connectivity index (χ3v) is 16.9. The number of ether oxygens (including phenoxy) is 2. The summed E-state index contributed by atoms with van der Waals surface area (Å²) in [6.07, 6.45) is 12.6. The van der Waals surface area contributed by atoms with Crippen molar-refractivity contribution in [3.8, 4) is 0 Å². The topological polar surface area (TPSA) is 31.4 Å². The van der Waals surface area contributed by atoms with Crippen molar-refractivity contribution in [1.82, 2.24) is 18.7 Å². The molecule has 3 atom stereocenters. The summed E-state index contributed by atoms with van der Waals surface area (Å²) in [5, 5.41) is 1.68. The summed E-state index contributed by atoms with van der Waals surface area (Å²) >= 11 is 0. The molecule has 2 aliphatic heterocycles. The summed E-state index contributed by atoms with van der Waals surface area (Å²) in [7, 11) is 3.84. The number of allylic oxidation sites excluding steroid dienone is 4. The standard InChI is InChI=1S/C25H51BN4O2P2/c1-7-27(8-2)33(28(9-3)10-4)24-16-11-17-25(24)34(26,29-18-12-14-22(29)20-31-5)30-19-13-15-23(30)21-32-6/h11,16-17,22-23,25,34H,7-10,12-15,18-21,26H2,1-6H3/t22-,23-,25-/m1/s1. The van der Waals surface area contributed by atoms with E-state index >= 15 is 0 Å². The predicted molar refractivity (Wildman–Crippen MR) is 154 cm³/mol. The second-order valence-corrected chi connectivity index (χ2v) is 16.2. The average molecular weight is 512 g/mol. The van der Waals surface area contributed by atoms with Crippen molar-refractivity contribution in [3.63, 3.8) is 0 Å². The summed E-state index contributed by atoms with van der Waals surface area (Å²) in [6, 6.07) is 1.07. The molecule has 0 N–H and O–H groups in total. The Hall–Kier alpha value is 0.165. The fourth-order valence-corrected chi connectivity index (χ4v) is 15.7. The molecule has 6 nitrogen and oxygen atoms in total. The van der Waals surface area contributed by atoms with E-state index in [1.165, 1.54) is 38.8 Å². The Morgan fingerprint density at radius 1 is 0.912 bits per heavy atom. The zero-order valence-corrected chi connectivity index (χ0v) is 24.9.